The van der Waals surface area contributed by atoms with Gasteiger partial charge in [0.05, 0.1) is 23.4 Å². The number of ether oxygens (including phenoxy) is 2. The summed E-state index contributed by atoms with van der Waals surface area (Å²) >= 11 is 11.8. The van der Waals surface area contributed by atoms with Crippen LogP contribution in [0.3, 0.4) is 0 Å². The Morgan fingerprint density at radius 2 is 1.83 bits per heavy atom. The number of esters is 1. The fourth-order valence-corrected chi connectivity index (χ4v) is 2.38. The van der Waals surface area contributed by atoms with Crippen molar-refractivity contribution in [3.63, 3.8) is 0 Å². The Bertz CT molecular complexity index is 764. The number of rotatable bonds is 5. The Balaban J connectivity index is 2.11. The minimum Gasteiger partial charge on any atom is -0.479 e. The number of carbonyl (C=O) groups excluding carboxylic acids is 2. The maximum Gasteiger partial charge on any atom is 0.339 e. The van der Waals surface area contributed by atoms with Crippen molar-refractivity contribution < 1.29 is 19.1 Å². The topological polar surface area (TPSA) is 64.6 Å². The van der Waals surface area contributed by atoms with Gasteiger partial charge in [-0.15, -0.1) is 0 Å². The molecule has 1 atom stereocenters. The highest BCUT2D eigenvalue weighted by molar-refractivity contribution is 6.35. The Morgan fingerprint density at radius 3 is 2.50 bits per heavy atom. The molecule has 24 heavy (non-hydrogen) atoms. The van der Waals surface area contributed by atoms with Gasteiger partial charge in [-0.05, 0) is 37.3 Å². The molecule has 0 aromatic heterocycles. The van der Waals surface area contributed by atoms with E-state index in [1.54, 1.807) is 43.3 Å². The molecule has 1 amide bonds. The largest absolute Gasteiger partial charge is 0.479 e. The van der Waals surface area contributed by atoms with Crippen molar-refractivity contribution >= 4 is 40.8 Å². The van der Waals surface area contributed by atoms with Crippen molar-refractivity contribution in [2.75, 3.05) is 12.4 Å². The van der Waals surface area contributed by atoms with Crippen LogP contribution in [0.1, 0.15) is 17.3 Å². The Labute approximate surface area is 149 Å². The zero-order valence-electron chi connectivity index (χ0n) is 13.0. The molecule has 2 aromatic rings. The van der Waals surface area contributed by atoms with Crippen LogP contribution in [-0.2, 0) is 9.53 Å². The lowest BCUT2D eigenvalue weighted by Gasteiger charge is -2.16. The van der Waals surface area contributed by atoms with E-state index in [0.717, 1.165) is 0 Å². The SMILES string of the molecule is COC(=O)c1ccccc1NC(=O)[C@H](C)Oc1ccc(Cl)cc1Cl. The van der Waals surface area contributed by atoms with Crippen LogP contribution in [0.5, 0.6) is 5.75 Å². The molecule has 5 nitrogen and oxygen atoms in total. The Kier molecular flexibility index (Phi) is 6.06. The zero-order valence-corrected chi connectivity index (χ0v) is 14.5. The third-order valence-corrected chi connectivity index (χ3v) is 3.69. The molecule has 0 spiro atoms. The first-order valence-electron chi connectivity index (χ1n) is 7.02. The molecule has 0 aliphatic rings. The third kappa shape index (κ3) is 4.40. The molecule has 0 fully saturated rings. The molecular formula is C17H15Cl2NO4. The summed E-state index contributed by atoms with van der Waals surface area (Å²) in [7, 11) is 1.27. The van der Waals surface area contributed by atoms with E-state index < -0.39 is 18.0 Å². The minimum atomic E-state index is -0.839. The summed E-state index contributed by atoms with van der Waals surface area (Å²) in [5.74, 6) is -0.637. The molecule has 0 heterocycles. The summed E-state index contributed by atoms with van der Waals surface area (Å²) < 4.78 is 10.2. The number of methoxy groups -OCH3 is 1. The number of halogens is 2. The van der Waals surface area contributed by atoms with Gasteiger partial charge < -0.3 is 14.8 Å². The lowest BCUT2D eigenvalue weighted by molar-refractivity contribution is -0.122. The molecule has 0 aliphatic carbocycles. The molecule has 0 saturated heterocycles. The van der Waals surface area contributed by atoms with Crippen molar-refractivity contribution in [2.45, 2.75) is 13.0 Å². The van der Waals surface area contributed by atoms with E-state index in [2.05, 4.69) is 5.32 Å². The second-order valence-corrected chi connectivity index (χ2v) is 5.70. The molecule has 2 aromatic carbocycles. The lowest BCUT2D eigenvalue weighted by atomic mass is 10.1. The second-order valence-electron chi connectivity index (χ2n) is 4.86. The lowest BCUT2D eigenvalue weighted by Crippen LogP contribution is -2.30. The number of carbonyl (C=O) groups is 2. The number of hydrogen-bond donors (Lipinski definition) is 1. The first-order chi connectivity index (χ1) is 11.4. The molecule has 126 valence electrons. The van der Waals surface area contributed by atoms with Crippen molar-refractivity contribution in [3.8, 4) is 5.75 Å². The van der Waals surface area contributed by atoms with E-state index >= 15 is 0 Å². The van der Waals surface area contributed by atoms with Crippen LogP contribution in [0.25, 0.3) is 0 Å². The number of amides is 1. The predicted molar refractivity (Wildman–Crippen MR) is 93.0 cm³/mol. The van der Waals surface area contributed by atoms with Gasteiger partial charge in [-0.25, -0.2) is 4.79 Å². The molecule has 2 rings (SSSR count). The molecule has 0 saturated carbocycles. The molecule has 1 N–H and O–H groups in total. The number of benzene rings is 2. The normalized spacial score (nSPS) is 11.5. The van der Waals surface area contributed by atoms with E-state index in [-0.39, 0.29) is 5.56 Å². The Hall–Kier alpha value is -2.24. The number of nitrogens with one attached hydrogen (secondary N) is 1. The third-order valence-electron chi connectivity index (χ3n) is 3.16. The van der Waals surface area contributed by atoms with Gasteiger partial charge in [-0.2, -0.15) is 0 Å². The van der Waals surface area contributed by atoms with Gasteiger partial charge in [-0.1, -0.05) is 35.3 Å². The summed E-state index contributed by atoms with van der Waals surface area (Å²) in [6.45, 7) is 1.57. The molecule has 0 radical (unpaired) electrons. The Morgan fingerprint density at radius 1 is 1.12 bits per heavy atom. The van der Waals surface area contributed by atoms with Gasteiger partial charge in [0.2, 0.25) is 0 Å². The van der Waals surface area contributed by atoms with Crippen molar-refractivity contribution in [1.29, 1.82) is 0 Å². The van der Waals surface area contributed by atoms with Gasteiger partial charge >= 0.3 is 5.97 Å². The highest BCUT2D eigenvalue weighted by Gasteiger charge is 2.19. The molecule has 0 unspecified atom stereocenters. The summed E-state index contributed by atoms with van der Waals surface area (Å²) in [6.07, 6.45) is -0.839. The number of hydrogen-bond acceptors (Lipinski definition) is 4. The van der Waals surface area contributed by atoms with Gasteiger partial charge in [0.25, 0.3) is 5.91 Å². The van der Waals surface area contributed by atoms with E-state index in [4.69, 9.17) is 32.7 Å². The van der Waals surface area contributed by atoms with Crippen LogP contribution >= 0.6 is 23.2 Å². The van der Waals surface area contributed by atoms with Crippen LogP contribution in [0.4, 0.5) is 5.69 Å². The molecule has 0 aliphatic heterocycles. The van der Waals surface area contributed by atoms with Crippen molar-refractivity contribution in [2.24, 2.45) is 0 Å². The van der Waals surface area contributed by atoms with Crippen LogP contribution in [0.2, 0.25) is 10.0 Å². The van der Waals surface area contributed by atoms with Crippen LogP contribution < -0.4 is 10.1 Å². The summed E-state index contributed by atoms with van der Waals surface area (Å²) in [4.78, 5) is 24.0. The zero-order chi connectivity index (χ0) is 17.7. The van der Waals surface area contributed by atoms with Crippen LogP contribution in [-0.4, -0.2) is 25.1 Å². The van der Waals surface area contributed by atoms with E-state index in [1.807, 2.05) is 0 Å². The first-order valence-corrected chi connectivity index (χ1v) is 7.78. The fraction of sp³-hybridized carbons (Fsp3) is 0.176. The highest BCUT2D eigenvalue weighted by atomic mass is 35.5. The molecule has 0 bridgehead atoms. The number of para-hydroxylation sites is 1. The van der Waals surface area contributed by atoms with Crippen LogP contribution in [0, 0.1) is 0 Å². The number of anilines is 1. The van der Waals surface area contributed by atoms with Crippen molar-refractivity contribution in [1.82, 2.24) is 0 Å². The van der Waals surface area contributed by atoms with Crippen molar-refractivity contribution in [3.05, 3.63) is 58.1 Å². The fourth-order valence-electron chi connectivity index (χ4n) is 1.93. The quantitative estimate of drug-likeness (QED) is 0.804. The van der Waals surface area contributed by atoms with Crippen LogP contribution in [0.15, 0.2) is 42.5 Å². The second kappa shape index (κ2) is 8.04. The standard InChI is InChI=1S/C17H15Cl2NO4/c1-10(24-15-8-7-11(18)9-13(15)19)16(21)20-14-6-4-3-5-12(14)17(22)23-2/h3-10H,1-2H3,(H,20,21)/t10-/m0/s1. The minimum absolute atomic E-state index is 0.255. The van der Waals surface area contributed by atoms with Gasteiger partial charge in [0.15, 0.2) is 6.10 Å². The first kappa shape index (κ1) is 18.1. The van der Waals surface area contributed by atoms with E-state index in [1.165, 1.54) is 13.2 Å². The predicted octanol–water partition coefficient (Wildman–Crippen LogP) is 4.19. The van der Waals surface area contributed by atoms with E-state index in [0.29, 0.717) is 21.5 Å². The maximum atomic E-state index is 12.3. The van der Waals surface area contributed by atoms with Gasteiger partial charge in [-0.3, -0.25) is 4.79 Å². The molecule has 7 heteroatoms. The van der Waals surface area contributed by atoms with Gasteiger partial charge in [0, 0.05) is 5.02 Å². The average Bonchev–Trinajstić information content (AvgIpc) is 2.57. The maximum absolute atomic E-state index is 12.3. The average molecular weight is 368 g/mol. The summed E-state index contributed by atoms with van der Waals surface area (Å²) in [6, 6.07) is 11.3. The monoisotopic (exact) mass is 367 g/mol. The van der Waals surface area contributed by atoms with E-state index in [9.17, 15) is 9.59 Å². The summed E-state index contributed by atoms with van der Waals surface area (Å²) in [5, 5.41) is 3.41. The molecular weight excluding hydrogens is 353 g/mol. The highest BCUT2D eigenvalue weighted by Crippen LogP contribution is 2.28. The smallest absolute Gasteiger partial charge is 0.339 e. The summed E-state index contributed by atoms with van der Waals surface area (Å²) in [5.41, 5.74) is 0.595. The van der Waals surface area contributed by atoms with Gasteiger partial charge in [0.1, 0.15) is 5.75 Å².